The van der Waals surface area contributed by atoms with Crippen molar-refractivity contribution in [1.82, 2.24) is 19.7 Å². The van der Waals surface area contributed by atoms with Gasteiger partial charge >= 0.3 is 0 Å². The highest BCUT2D eigenvalue weighted by Crippen LogP contribution is 2.44. The lowest BCUT2D eigenvalue weighted by Gasteiger charge is -2.24. The van der Waals surface area contributed by atoms with E-state index in [1.807, 2.05) is 56.3 Å². The third-order valence-electron chi connectivity index (χ3n) is 5.40. The molecule has 0 spiro atoms. The molecule has 1 aliphatic rings. The standard InChI is InChI=1S/C24H21N5O2/c1-14-11-15(2)26-24(25-14)29-23-21(22(28-29)16-7-4-3-5-8-16)19(13-20(31)27-23)17-9-6-10-18(30)12-17/h3-12,19,30H,13H2,1-2H3,(H,27,31)/t19-/m0/s1. The largest absolute Gasteiger partial charge is 0.508 e. The molecule has 0 unspecified atom stereocenters. The van der Waals surface area contributed by atoms with Crippen molar-refractivity contribution in [3.63, 3.8) is 0 Å². The molecule has 4 aromatic rings. The van der Waals surface area contributed by atoms with Gasteiger partial charge in [-0.3, -0.25) is 4.79 Å². The van der Waals surface area contributed by atoms with Gasteiger partial charge in [0.15, 0.2) is 0 Å². The van der Waals surface area contributed by atoms with Gasteiger partial charge in [0.25, 0.3) is 5.95 Å². The number of benzene rings is 2. The smallest absolute Gasteiger partial charge is 0.252 e. The highest BCUT2D eigenvalue weighted by atomic mass is 16.3. The lowest BCUT2D eigenvalue weighted by molar-refractivity contribution is -0.116. The fraction of sp³-hybridized carbons (Fsp3) is 0.167. The second-order valence-corrected chi connectivity index (χ2v) is 7.74. The summed E-state index contributed by atoms with van der Waals surface area (Å²) in [5.74, 6) is 0.759. The van der Waals surface area contributed by atoms with Crippen LogP contribution in [0.4, 0.5) is 5.82 Å². The van der Waals surface area contributed by atoms with Gasteiger partial charge in [-0.05, 0) is 37.6 Å². The van der Waals surface area contributed by atoms with Gasteiger partial charge in [-0.25, -0.2) is 9.97 Å². The van der Waals surface area contributed by atoms with Crippen LogP contribution in [0.2, 0.25) is 0 Å². The van der Waals surface area contributed by atoms with Gasteiger partial charge in [0, 0.05) is 34.9 Å². The molecule has 0 bridgehead atoms. The number of aromatic hydroxyl groups is 1. The molecule has 7 nitrogen and oxygen atoms in total. The van der Waals surface area contributed by atoms with Gasteiger partial charge in [0.1, 0.15) is 11.6 Å². The molecular weight excluding hydrogens is 390 g/mol. The molecule has 5 rings (SSSR count). The summed E-state index contributed by atoms with van der Waals surface area (Å²) in [6.45, 7) is 3.81. The Balaban J connectivity index is 1.79. The molecule has 31 heavy (non-hydrogen) atoms. The third kappa shape index (κ3) is 3.44. The van der Waals surface area contributed by atoms with Gasteiger partial charge in [-0.15, -0.1) is 0 Å². The molecule has 2 aromatic heterocycles. The fourth-order valence-corrected chi connectivity index (χ4v) is 4.13. The lowest BCUT2D eigenvalue weighted by Crippen LogP contribution is -2.25. The fourth-order valence-electron chi connectivity index (χ4n) is 4.13. The zero-order valence-corrected chi connectivity index (χ0v) is 17.2. The van der Waals surface area contributed by atoms with Crippen LogP contribution in [-0.2, 0) is 4.79 Å². The van der Waals surface area contributed by atoms with E-state index in [1.54, 1.807) is 22.9 Å². The zero-order valence-electron chi connectivity index (χ0n) is 17.2. The number of nitrogens with one attached hydrogen (secondary N) is 1. The van der Waals surface area contributed by atoms with Crippen molar-refractivity contribution < 1.29 is 9.90 Å². The Bertz CT molecular complexity index is 1280. The van der Waals surface area contributed by atoms with E-state index in [9.17, 15) is 9.90 Å². The van der Waals surface area contributed by atoms with Crippen LogP contribution in [0.25, 0.3) is 17.2 Å². The van der Waals surface area contributed by atoms with Crippen LogP contribution in [0.3, 0.4) is 0 Å². The number of aromatic nitrogens is 4. The molecule has 1 amide bonds. The van der Waals surface area contributed by atoms with Crippen molar-refractivity contribution in [3.8, 4) is 23.0 Å². The van der Waals surface area contributed by atoms with Crippen LogP contribution in [0.1, 0.15) is 34.9 Å². The van der Waals surface area contributed by atoms with Crippen molar-refractivity contribution in [2.45, 2.75) is 26.2 Å². The van der Waals surface area contributed by atoms with Crippen LogP contribution < -0.4 is 5.32 Å². The topological polar surface area (TPSA) is 92.9 Å². The first kappa shape index (κ1) is 19.0. The molecular formula is C24H21N5O2. The maximum atomic E-state index is 12.7. The summed E-state index contributed by atoms with van der Waals surface area (Å²) in [6, 6.07) is 18.8. The van der Waals surface area contributed by atoms with E-state index in [0.717, 1.165) is 33.8 Å². The number of nitrogens with zero attached hydrogens (tertiary/aromatic N) is 4. The summed E-state index contributed by atoms with van der Waals surface area (Å²) < 4.78 is 1.62. The van der Waals surface area contributed by atoms with Crippen LogP contribution in [0.15, 0.2) is 60.7 Å². The van der Waals surface area contributed by atoms with Crippen LogP contribution in [-0.4, -0.2) is 30.8 Å². The molecule has 0 radical (unpaired) electrons. The number of anilines is 1. The monoisotopic (exact) mass is 411 g/mol. The summed E-state index contributed by atoms with van der Waals surface area (Å²) in [5, 5.41) is 17.9. The summed E-state index contributed by atoms with van der Waals surface area (Å²) in [6.07, 6.45) is 0.260. The Labute approximate surface area is 179 Å². The van der Waals surface area contributed by atoms with E-state index in [-0.39, 0.29) is 24.0 Å². The number of hydrogen-bond donors (Lipinski definition) is 2. The first-order valence-corrected chi connectivity index (χ1v) is 10.1. The number of carbonyl (C=O) groups excluding carboxylic acids is 1. The van der Waals surface area contributed by atoms with E-state index in [4.69, 9.17) is 5.10 Å². The van der Waals surface area contributed by atoms with Crippen LogP contribution >= 0.6 is 0 Å². The zero-order chi connectivity index (χ0) is 21.5. The number of rotatable bonds is 3. The van der Waals surface area contributed by atoms with Gasteiger partial charge in [-0.2, -0.15) is 9.78 Å². The van der Waals surface area contributed by atoms with E-state index in [2.05, 4.69) is 15.3 Å². The molecule has 0 saturated heterocycles. The molecule has 3 heterocycles. The number of phenolic OH excluding ortho intramolecular Hbond substituents is 1. The van der Waals surface area contributed by atoms with Gasteiger partial charge in [0.2, 0.25) is 5.91 Å². The Kier molecular flexibility index (Phi) is 4.51. The predicted molar refractivity (Wildman–Crippen MR) is 117 cm³/mol. The van der Waals surface area contributed by atoms with Crippen molar-refractivity contribution in [2.24, 2.45) is 0 Å². The van der Waals surface area contributed by atoms with Crippen molar-refractivity contribution in [2.75, 3.05) is 5.32 Å². The Morgan fingerprint density at radius 1 is 1.00 bits per heavy atom. The van der Waals surface area contributed by atoms with Crippen LogP contribution in [0, 0.1) is 13.8 Å². The number of aryl methyl sites for hydroxylation is 2. The van der Waals surface area contributed by atoms with E-state index >= 15 is 0 Å². The number of amides is 1. The van der Waals surface area contributed by atoms with Gasteiger partial charge in [-0.1, -0.05) is 42.5 Å². The second-order valence-electron chi connectivity index (χ2n) is 7.74. The quantitative estimate of drug-likeness (QED) is 0.529. The van der Waals surface area contributed by atoms with Crippen molar-refractivity contribution in [3.05, 3.63) is 83.2 Å². The number of fused-ring (bicyclic) bond motifs is 1. The molecule has 1 aliphatic heterocycles. The SMILES string of the molecule is Cc1cc(C)nc(-n2nc(-c3ccccc3)c3c2NC(=O)C[C@H]3c2cccc(O)c2)n1. The molecule has 2 aromatic carbocycles. The lowest BCUT2D eigenvalue weighted by atomic mass is 9.84. The Morgan fingerprint density at radius 3 is 2.45 bits per heavy atom. The maximum Gasteiger partial charge on any atom is 0.252 e. The van der Waals surface area contributed by atoms with Crippen LogP contribution in [0.5, 0.6) is 5.75 Å². The minimum absolute atomic E-state index is 0.119. The summed E-state index contributed by atoms with van der Waals surface area (Å²) in [4.78, 5) is 21.8. The van der Waals surface area contributed by atoms with Crippen molar-refractivity contribution in [1.29, 1.82) is 0 Å². The Morgan fingerprint density at radius 2 is 1.74 bits per heavy atom. The summed E-state index contributed by atoms with van der Waals surface area (Å²) >= 11 is 0. The van der Waals surface area contributed by atoms with E-state index in [1.165, 1.54) is 0 Å². The molecule has 2 N–H and O–H groups in total. The predicted octanol–water partition coefficient (Wildman–Crippen LogP) is 4.13. The minimum Gasteiger partial charge on any atom is -0.508 e. The molecule has 1 atom stereocenters. The molecule has 0 saturated carbocycles. The number of hydrogen-bond acceptors (Lipinski definition) is 5. The molecule has 0 aliphatic carbocycles. The second kappa shape index (κ2) is 7.36. The molecule has 0 fully saturated rings. The molecule has 7 heteroatoms. The highest BCUT2D eigenvalue weighted by molar-refractivity contribution is 5.96. The summed E-state index contributed by atoms with van der Waals surface area (Å²) in [5.41, 5.74) is 5.07. The van der Waals surface area contributed by atoms with Gasteiger partial charge in [0.05, 0.1) is 5.69 Å². The average Bonchev–Trinajstić information content (AvgIpc) is 3.12. The Hall–Kier alpha value is -4.00. The third-order valence-corrected chi connectivity index (χ3v) is 5.40. The first-order valence-electron chi connectivity index (χ1n) is 10.1. The highest BCUT2D eigenvalue weighted by Gasteiger charge is 2.35. The normalized spacial score (nSPS) is 15.4. The molecule has 154 valence electrons. The minimum atomic E-state index is -0.259. The van der Waals surface area contributed by atoms with Crippen molar-refractivity contribution >= 4 is 11.7 Å². The summed E-state index contributed by atoms with van der Waals surface area (Å²) in [7, 11) is 0. The van der Waals surface area contributed by atoms with E-state index < -0.39 is 0 Å². The average molecular weight is 411 g/mol. The van der Waals surface area contributed by atoms with Gasteiger partial charge < -0.3 is 10.4 Å². The maximum absolute atomic E-state index is 12.7. The first-order chi connectivity index (χ1) is 15.0. The number of carbonyl (C=O) groups is 1. The number of phenols is 1. The van der Waals surface area contributed by atoms with E-state index in [0.29, 0.717) is 11.8 Å².